The lowest BCUT2D eigenvalue weighted by Crippen LogP contribution is -2.47. The van der Waals surface area contributed by atoms with E-state index in [1.807, 2.05) is 48.5 Å². The van der Waals surface area contributed by atoms with Crippen molar-refractivity contribution in [3.05, 3.63) is 118 Å². The van der Waals surface area contributed by atoms with Crippen LogP contribution in [0.15, 0.2) is 90.1 Å². The fraction of sp³-hybridized carbons (Fsp3) is 0.258. The SMILES string of the molecule is O=c1c2cnn(-c3cccc(OCc4ccc(Cl)cc4)c3)c2ncn1CC1(O)CCN(Cc2ccc(F)cc2)CC1. The van der Waals surface area contributed by atoms with Gasteiger partial charge in [0.2, 0.25) is 0 Å². The third-order valence-electron chi connectivity index (χ3n) is 7.51. The normalized spacial score (nSPS) is 15.3. The van der Waals surface area contributed by atoms with Crippen molar-refractivity contribution in [3.63, 3.8) is 0 Å². The summed E-state index contributed by atoms with van der Waals surface area (Å²) in [4.78, 5) is 20.1. The number of hydrogen-bond donors (Lipinski definition) is 1. The molecule has 5 aromatic rings. The van der Waals surface area contributed by atoms with Crippen LogP contribution in [0.3, 0.4) is 0 Å². The van der Waals surface area contributed by atoms with Gasteiger partial charge in [0.15, 0.2) is 5.65 Å². The van der Waals surface area contributed by atoms with Crippen molar-refractivity contribution in [1.29, 1.82) is 0 Å². The third kappa shape index (κ3) is 6.17. The van der Waals surface area contributed by atoms with Crippen LogP contribution in [0.25, 0.3) is 16.7 Å². The lowest BCUT2D eigenvalue weighted by atomic mass is 9.91. The van der Waals surface area contributed by atoms with E-state index in [2.05, 4.69) is 15.0 Å². The highest BCUT2D eigenvalue weighted by Crippen LogP contribution is 2.26. The van der Waals surface area contributed by atoms with E-state index < -0.39 is 5.60 Å². The molecule has 0 unspecified atom stereocenters. The van der Waals surface area contributed by atoms with Gasteiger partial charge in [-0.2, -0.15) is 5.10 Å². The fourth-order valence-electron chi connectivity index (χ4n) is 5.15. The zero-order chi connectivity index (χ0) is 28.4. The maximum absolute atomic E-state index is 13.4. The first-order valence-corrected chi connectivity index (χ1v) is 13.8. The molecule has 3 heterocycles. The van der Waals surface area contributed by atoms with Gasteiger partial charge < -0.3 is 9.84 Å². The van der Waals surface area contributed by atoms with Gasteiger partial charge in [0.25, 0.3) is 5.56 Å². The monoisotopic (exact) mass is 573 g/mol. The Bertz CT molecular complexity index is 1710. The second-order valence-electron chi connectivity index (χ2n) is 10.5. The average Bonchev–Trinajstić information content (AvgIpc) is 3.42. The summed E-state index contributed by atoms with van der Waals surface area (Å²) >= 11 is 5.96. The summed E-state index contributed by atoms with van der Waals surface area (Å²) in [6.45, 7) is 2.57. The third-order valence-corrected chi connectivity index (χ3v) is 7.76. The van der Waals surface area contributed by atoms with Gasteiger partial charge in [0.05, 0.1) is 24.0 Å². The number of aliphatic hydroxyl groups is 1. The van der Waals surface area contributed by atoms with Crippen LogP contribution >= 0.6 is 11.6 Å². The van der Waals surface area contributed by atoms with Crippen LogP contribution < -0.4 is 10.3 Å². The number of fused-ring (bicyclic) bond motifs is 1. The molecule has 10 heteroatoms. The molecule has 3 aromatic carbocycles. The summed E-state index contributed by atoms with van der Waals surface area (Å²) < 4.78 is 22.2. The minimum Gasteiger partial charge on any atom is -0.489 e. The molecule has 2 aromatic heterocycles. The first-order valence-electron chi connectivity index (χ1n) is 13.5. The zero-order valence-electron chi connectivity index (χ0n) is 22.3. The van der Waals surface area contributed by atoms with Crippen LogP contribution in [0.5, 0.6) is 5.75 Å². The van der Waals surface area contributed by atoms with Crippen molar-refractivity contribution in [2.24, 2.45) is 0 Å². The Hall–Kier alpha value is -4.05. The predicted molar refractivity (Wildman–Crippen MR) is 155 cm³/mol. The number of piperidine rings is 1. The largest absolute Gasteiger partial charge is 0.489 e. The minimum absolute atomic E-state index is 0.151. The van der Waals surface area contributed by atoms with Crippen molar-refractivity contribution in [3.8, 4) is 11.4 Å². The van der Waals surface area contributed by atoms with Gasteiger partial charge in [0.1, 0.15) is 29.9 Å². The van der Waals surface area contributed by atoms with E-state index in [9.17, 15) is 14.3 Å². The Balaban J connectivity index is 1.13. The first-order chi connectivity index (χ1) is 19.8. The van der Waals surface area contributed by atoms with Crippen LogP contribution in [-0.4, -0.2) is 48.0 Å². The van der Waals surface area contributed by atoms with E-state index >= 15 is 0 Å². The van der Waals surface area contributed by atoms with Crippen molar-refractivity contribution >= 4 is 22.6 Å². The second kappa shape index (κ2) is 11.4. The van der Waals surface area contributed by atoms with Crippen molar-refractivity contribution in [2.75, 3.05) is 13.1 Å². The molecule has 0 radical (unpaired) electrons. The Morgan fingerprint density at radius 1 is 1.00 bits per heavy atom. The molecular weight excluding hydrogens is 545 g/mol. The molecule has 1 aliphatic heterocycles. The smallest absolute Gasteiger partial charge is 0.264 e. The molecule has 1 fully saturated rings. The van der Waals surface area contributed by atoms with Crippen molar-refractivity contribution in [2.45, 2.75) is 38.1 Å². The molecule has 210 valence electrons. The molecule has 41 heavy (non-hydrogen) atoms. The molecule has 0 amide bonds. The van der Waals surface area contributed by atoms with Gasteiger partial charge in [0, 0.05) is 30.7 Å². The highest BCUT2D eigenvalue weighted by molar-refractivity contribution is 6.30. The van der Waals surface area contributed by atoms with Crippen molar-refractivity contribution < 1.29 is 14.2 Å². The van der Waals surface area contributed by atoms with Crippen LogP contribution in [-0.2, 0) is 19.7 Å². The molecule has 8 nitrogen and oxygen atoms in total. The number of ether oxygens (including phenoxy) is 1. The summed E-state index contributed by atoms with van der Waals surface area (Å²) in [6, 6.07) is 21.4. The number of hydrogen-bond acceptors (Lipinski definition) is 6. The van der Waals surface area contributed by atoms with Gasteiger partial charge in [-0.1, -0.05) is 41.9 Å². The number of benzene rings is 3. The van der Waals surface area contributed by atoms with Gasteiger partial charge >= 0.3 is 0 Å². The van der Waals surface area contributed by atoms with Gasteiger partial charge in [-0.3, -0.25) is 14.3 Å². The summed E-state index contributed by atoms with van der Waals surface area (Å²) in [7, 11) is 0. The maximum Gasteiger partial charge on any atom is 0.264 e. The van der Waals surface area contributed by atoms with Crippen LogP contribution in [0.1, 0.15) is 24.0 Å². The number of likely N-dealkylation sites (tertiary alicyclic amines) is 1. The topological polar surface area (TPSA) is 85.4 Å². The molecule has 1 N–H and O–H groups in total. The van der Waals surface area contributed by atoms with Gasteiger partial charge in [-0.15, -0.1) is 0 Å². The van der Waals surface area contributed by atoms with E-state index in [-0.39, 0.29) is 17.9 Å². The molecule has 0 aliphatic carbocycles. The summed E-state index contributed by atoms with van der Waals surface area (Å²) in [5, 5.41) is 16.8. The van der Waals surface area contributed by atoms with Crippen molar-refractivity contribution in [1.82, 2.24) is 24.2 Å². The van der Waals surface area contributed by atoms with Crippen LogP contribution in [0, 0.1) is 5.82 Å². The molecular formula is C31H29ClFN5O3. The molecule has 1 saturated heterocycles. The number of aromatic nitrogens is 4. The molecule has 0 spiro atoms. The molecule has 1 aliphatic rings. The summed E-state index contributed by atoms with van der Waals surface area (Å²) in [5.41, 5.74) is 1.89. The zero-order valence-corrected chi connectivity index (χ0v) is 23.0. The summed E-state index contributed by atoms with van der Waals surface area (Å²) in [6.07, 6.45) is 4.02. The van der Waals surface area contributed by atoms with E-state index in [1.54, 1.807) is 16.8 Å². The van der Waals surface area contributed by atoms with Crippen LogP contribution in [0.2, 0.25) is 5.02 Å². The number of rotatable bonds is 8. The Morgan fingerprint density at radius 3 is 2.49 bits per heavy atom. The number of halogens is 2. The average molecular weight is 574 g/mol. The van der Waals surface area contributed by atoms with Gasteiger partial charge in [-0.05, 0) is 60.4 Å². The predicted octanol–water partition coefficient (Wildman–Crippen LogP) is 4.98. The quantitative estimate of drug-likeness (QED) is 0.282. The maximum atomic E-state index is 13.4. The van der Waals surface area contributed by atoms with E-state index in [0.717, 1.165) is 11.1 Å². The van der Waals surface area contributed by atoms with Gasteiger partial charge in [-0.25, -0.2) is 14.1 Å². The molecule has 6 rings (SSSR count). The summed E-state index contributed by atoms with van der Waals surface area (Å²) in [5.74, 6) is 0.401. The fourth-order valence-corrected chi connectivity index (χ4v) is 5.28. The Morgan fingerprint density at radius 2 is 1.73 bits per heavy atom. The standard InChI is InChI=1S/C31H29ClFN5O3/c32-24-8-4-23(5-9-24)19-41-27-3-1-2-26(16-27)38-29-28(17-35-38)30(39)37(21-34-29)20-31(40)12-14-36(15-13-31)18-22-6-10-25(33)11-7-22/h1-11,16-17,21,40H,12-15,18-20H2. The van der Waals surface area contributed by atoms with E-state index in [1.165, 1.54) is 29.2 Å². The Kier molecular flexibility index (Phi) is 7.57. The molecule has 0 atom stereocenters. The lowest BCUT2D eigenvalue weighted by Gasteiger charge is -2.38. The van der Waals surface area contributed by atoms with Crippen LogP contribution in [0.4, 0.5) is 4.39 Å². The lowest BCUT2D eigenvalue weighted by molar-refractivity contribution is -0.0364. The van der Waals surface area contributed by atoms with E-state index in [0.29, 0.717) is 66.6 Å². The van der Waals surface area contributed by atoms with E-state index in [4.69, 9.17) is 16.3 Å². The minimum atomic E-state index is -1.02. The molecule has 0 saturated carbocycles. The molecule has 0 bridgehead atoms. The Labute approximate surface area is 241 Å². The second-order valence-corrected chi connectivity index (χ2v) is 10.9. The highest BCUT2D eigenvalue weighted by atomic mass is 35.5. The first kappa shape index (κ1) is 27.1. The number of nitrogens with zero attached hydrogens (tertiary/aromatic N) is 5. The highest BCUT2D eigenvalue weighted by Gasteiger charge is 2.33.